The Hall–Kier alpha value is -3.14. The minimum atomic E-state index is -0.991. The van der Waals surface area contributed by atoms with Crippen molar-refractivity contribution in [3.05, 3.63) is 35.7 Å². The molecule has 0 bridgehead atoms. The van der Waals surface area contributed by atoms with Crippen LogP contribution in [0.2, 0.25) is 0 Å². The summed E-state index contributed by atoms with van der Waals surface area (Å²) in [6.07, 6.45) is 2.58. The molecular formula is C21H27N5O5. The standard InChI is InChI=1S/C21H27N5O5/c1-21(16(27)11-26(21)20(29)30)14-4-3-13(9-14)15-10-17(25-24-15)23-18(28)7-12-5-6-22-19(8-12)31-2/h5-6,8,10,13-14,16,27H,3-4,7,9,11H2,1-2H3,(H,29,30)(H2,23,24,25,28)/t13-,14+,16+,21-/m0/s1. The van der Waals surface area contributed by atoms with Crippen molar-refractivity contribution in [3.8, 4) is 5.88 Å². The molecule has 4 atom stereocenters. The molecule has 0 unspecified atom stereocenters. The second-order valence-electron chi connectivity index (χ2n) is 8.48. The third-order valence-electron chi connectivity index (χ3n) is 6.78. The number of rotatable bonds is 6. The first-order chi connectivity index (χ1) is 14.8. The summed E-state index contributed by atoms with van der Waals surface area (Å²) in [4.78, 5) is 29.2. The van der Waals surface area contributed by atoms with Gasteiger partial charge in [-0.1, -0.05) is 0 Å². The number of aromatic amines is 1. The third-order valence-corrected chi connectivity index (χ3v) is 6.78. The SMILES string of the molecule is COc1cc(CC(=O)Nc2cc([C@H]3CC[C@@H]([C@@]4(C)[C@H](O)CN4C(=O)O)C3)[nH]n2)ccn1. The number of aliphatic hydroxyl groups is 1. The molecule has 2 aromatic heterocycles. The van der Waals surface area contributed by atoms with Gasteiger partial charge in [-0.25, -0.2) is 9.78 Å². The first kappa shape index (κ1) is 21.1. The maximum absolute atomic E-state index is 12.4. The average Bonchev–Trinajstić information content (AvgIpc) is 3.40. The lowest BCUT2D eigenvalue weighted by molar-refractivity contribution is -0.136. The van der Waals surface area contributed by atoms with Gasteiger partial charge in [0.1, 0.15) is 0 Å². The van der Waals surface area contributed by atoms with Crippen molar-refractivity contribution in [3.63, 3.8) is 0 Å². The smallest absolute Gasteiger partial charge is 0.407 e. The van der Waals surface area contributed by atoms with Crippen LogP contribution in [0, 0.1) is 5.92 Å². The highest BCUT2D eigenvalue weighted by molar-refractivity contribution is 5.91. The van der Waals surface area contributed by atoms with Crippen molar-refractivity contribution in [1.29, 1.82) is 0 Å². The Kier molecular flexibility index (Phi) is 5.57. The molecule has 2 aromatic rings. The summed E-state index contributed by atoms with van der Waals surface area (Å²) in [5, 5.41) is 29.7. The lowest BCUT2D eigenvalue weighted by Crippen LogP contribution is -2.73. The number of aromatic nitrogens is 3. The quantitative estimate of drug-likeness (QED) is 0.550. The molecule has 0 aromatic carbocycles. The molecule has 2 fully saturated rings. The molecule has 2 aliphatic rings. The monoisotopic (exact) mass is 429 g/mol. The highest BCUT2D eigenvalue weighted by Gasteiger charge is 2.57. The second kappa shape index (κ2) is 8.18. The number of β-amino-alcohol motifs (C(OH)–C–C–N with tert-alkyl or cyclic N) is 1. The fourth-order valence-corrected chi connectivity index (χ4v) is 4.85. The predicted molar refractivity (Wildman–Crippen MR) is 111 cm³/mol. The highest BCUT2D eigenvalue weighted by Crippen LogP contribution is 2.49. The number of likely N-dealkylation sites (tertiary alicyclic amines) is 1. The van der Waals surface area contributed by atoms with Gasteiger partial charge < -0.3 is 20.3 Å². The Balaban J connectivity index is 1.36. The molecule has 0 spiro atoms. The van der Waals surface area contributed by atoms with Crippen LogP contribution in [0.3, 0.4) is 0 Å². The Bertz CT molecular complexity index is 979. The van der Waals surface area contributed by atoms with Crippen LogP contribution >= 0.6 is 0 Å². The summed E-state index contributed by atoms with van der Waals surface area (Å²) in [5.74, 6) is 0.951. The van der Waals surface area contributed by atoms with Crippen LogP contribution in [0.4, 0.5) is 10.6 Å². The van der Waals surface area contributed by atoms with E-state index in [4.69, 9.17) is 4.74 Å². The van der Waals surface area contributed by atoms with E-state index in [1.54, 1.807) is 18.3 Å². The zero-order chi connectivity index (χ0) is 22.2. The number of nitrogens with zero attached hydrogens (tertiary/aromatic N) is 3. The van der Waals surface area contributed by atoms with E-state index < -0.39 is 17.7 Å². The van der Waals surface area contributed by atoms with Crippen LogP contribution in [0.1, 0.15) is 43.4 Å². The fraction of sp³-hybridized carbons (Fsp3) is 0.524. The molecule has 1 saturated heterocycles. The maximum Gasteiger partial charge on any atom is 0.407 e. The lowest BCUT2D eigenvalue weighted by atomic mass is 9.72. The topological polar surface area (TPSA) is 141 Å². The summed E-state index contributed by atoms with van der Waals surface area (Å²) in [6, 6.07) is 5.29. The largest absolute Gasteiger partial charge is 0.481 e. The minimum Gasteiger partial charge on any atom is -0.481 e. The number of H-pyrrole nitrogens is 1. The van der Waals surface area contributed by atoms with E-state index in [2.05, 4.69) is 20.5 Å². The van der Waals surface area contributed by atoms with Crippen LogP contribution in [0.5, 0.6) is 5.88 Å². The van der Waals surface area contributed by atoms with E-state index in [-0.39, 0.29) is 30.7 Å². The van der Waals surface area contributed by atoms with E-state index in [1.807, 2.05) is 13.0 Å². The molecule has 4 N–H and O–H groups in total. The Labute approximate surface area is 179 Å². The van der Waals surface area contributed by atoms with Gasteiger partial charge in [0.2, 0.25) is 11.8 Å². The molecule has 1 saturated carbocycles. The molecule has 10 nitrogen and oxygen atoms in total. The van der Waals surface area contributed by atoms with Gasteiger partial charge in [-0.3, -0.25) is 14.8 Å². The maximum atomic E-state index is 12.4. The molecule has 31 heavy (non-hydrogen) atoms. The van der Waals surface area contributed by atoms with Gasteiger partial charge in [0.15, 0.2) is 5.82 Å². The van der Waals surface area contributed by atoms with Crippen molar-refractivity contribution < 1.29 is 24.5 Å². The number of hydrogen-bond acceptors (Lipinski definition) is 6. The van der Waals surface area contributed by atoms with Crippen molar-refractivity contribution in [1.82, 2.24) is 20.1 Å². The van der Waals surface area contributed by atoms with E-state index >= 15 is 0 Å². The minimum absolute atomic E-state index is 0.0698. The van der Waals surface area contributed by atoms with Gasteiger partial charge >= 0.3 is 6.09 Å². The first-order valence-corrected chi connectivity index (χ1v) is 10.3. The Morgan fingerprint density at radius 2 is 2.19 bits per heavy atom. The molecule has 4 rings (SSSR count). The first-order valence-electron chi connectivity index (χ1n) is 10.3. The number of anilines is 1. The van der Waals surface area contributed by atoms with Crippen molar-refractivity contribution in [2.75, 3.05) is 19.0 Å². The molecule has 166 valence electrons. The van der Waals surface area contributed by atoms with Gasteiger partial charge in [0, 0.05) is 29.9 Å². The van der Waals surface area contributed by atoms with Gasteiger partial charge in [-0.05, 0) is 43.7 Å². The second-order valence-corrected chi connectivity index (χ2v) is 8.48. The number of pyridine rings is 1. The predicted octanol–water partition coefficient (Wildman–Crippen LogP) is 1.99. The third kappa shape index (κ3) is 3.95. The van der Waals surface area contributed by atoms with Gasteiger partial charge in [0.05, 0.1) is 31.7 Å². The van der Waals surface area contributed by atoms with Crippen molar-refractivity contribution >= 4 is 17.8 Å². The van der Waals surface area contributed by atoms with Crippen molar-refractivity contribution in [2.45, 2.75) is 50.2 Å². The van der Waals surface area contributed by atoms with E-state index in [1.165, 1.54) is 12.0 Å². The van der Waals surface area contributed by atoms with Crippen LogP contribution in [0.25, 0.3) is 0 Å². The van der Waals surface area contributed by atoms with Gasteiger partial charge in [-0.15, -0.1) is 0 Å². The summed E-state index contributed by atoms with van der Waals surface area (Å²) in [6.45, 7) is 1.99. The van der Waals surface area contributed by atoms with Crippen LogP contribution in [-0.4, -0.2) is 67.6 Å². The molecule has 2 amide bonds. The summed E-state index contributed by atoms with van der Waals surface area (Å²) >= 11 is 0. The Morgan fingerprint density at radius 1 is 1.39 bits per heavy atom. The van der Waals surface area contributed by atoms with Crippen LogP contribution in [0.15, 0.2) is 24.4 Å². The number of amides is 2. The van der Waals surface area contributed by atoms with Crippen molar-refractivity contribution in [2.24, 2.45) is 5.92 Å². The number of carbonyl (C=O) groups is 2. The normalized spacial score (nSPS) is 27.6. The fourth-order valence-electron chi connectivity index (χ4n) is 4.85. The summed E-state index contributed by atoms with van der Waals surface area (Å²) in [7, 11) is 1.52. The van der Waals surface area contributed by atoms with E-state index in [0.29, 0.717) is 11.7 Å². The van der Waals surface area contributed by atoms with E-state index in [9.17, 15) is 19.8 Å². The number of methoxy groups -OCH3 is 1. The molecule has 3 heterocycles. The molecule has 1 aliphatic heterocycles. The van der Waals surface area contributed by atoms with Gasteiger partial charge in [-0.2, -0.15) is 5.10 Å². The van der Waals surface area contributed by atoms with Crippen LogP contribution < -0.4 is 10.1 Å². The number of aliphatic hydroxyl groups excluding tert-OH is 1. The van der Waals surface area contributed by atoms with Crippen LogP contribution in [-0.2, 0) is 11.2 Å². The Morgan fingerprint density at radius 3 is 2.90 bits per heavy atom. The molecule has 1 aliphatic carbocycles. The average molecular weight is 429 g/mol. The summed E-state index contributed by atoms with van der Waals surface area (Å²) < 4.78 is 5.07. The number of nitrogens with one attached hydrogen (secondary N) is 2. The summed E-state index contributed by atoms with van der Waals surface area (Å²) in [5.41, 5.74) is 0.945. The molecular weight excluding hydrogens is 402 g/mol. The lowest BCUT2D eigenvalue weighted by Gasteiger charge is -2.56. The molecule has 0 radical (unpaired) electrons. The molecule has 10 heteroatoms. The number of hydrogen-bond donors (Lipinski definition) is 4. The zero-order valence-electron chi connectivity index (χ0n) is 17.5. The number of carboxylic acid groups (broad SMARTS) is 1. The highest BCUT2D eigenvalue weighted by atomic mass is 16.5. The number of ether oxygens (including phenoxy) is 1. The number of carbonyl (C=O) groups excluding carboxylic acids is 1. The van der Waals surface area contributed by atoms with Gasteiger partial charge in [0.25, 0.3) is 0 Å². The van der Waals surface area contributed by atoms with E-state index in [0.717, 1.165) is 30.5 Å². The zero-order valence-corrected chi connectivity index (χ0v) is 17.5.